The van der Waals surface area contributed by atoms with E-state index in [2.05, 4.69) is 30.6 Å². The van der Waals surface area contributed by atoms with E-state index in [1.165, 1.54) is 14.0 Å². The van der Waals surface area contributed by atoms with Crippen molar-refractivity contribution in [1.29, 1.82) is 0 Å². The number of aromatic nitrogens is 4. The third kappa shape index (κ3) is 5.37. The van der Waals surface area contributed by atoms with Gasteiger partial charge in [0, 0.05) is 36.3 Å². The van der Waals surface area contributed by atoms with Gasteiger partial charge in [-0.2, -0.15) is 13.2 Å². The first kappa shape index (κ1) is 23.7. The Morgan fingerprint density at radius 3 is 2.63 bits per heavy atom. The van der Waals surface area contributed by atoms with Gasteiger partial charge in [-0.05, 0) is 36.8 Å². The summed E-state index contributed by atoms with van der Waals surface area (Å²) in [6, 6.07) is 8.27. The number of halogens is 3. The smallest absolute Gasteiger partial charge is 0.437 e. The van der Waals surface area contributed by atoms with Crippen LogP contribution < -0.4 is 15.4 Å². The van der Waals surface area contributed by atoms with E-state index in [4.69, 9.17) is 9.15 Å². The molecule has 0 aliphatic heterocycles. The van der Waals surface area contributed by atoms with Crippen LogP contribution in [0.2, 0.25) is 0 Å². The molecule has 1 amide bonds. The molecule has 3 heterocycles. The van der Waals surface area contributed by atoms with Crippen LogP contribution in [0.15, 0.2) is 53.3 Å². The van der Waals surface area contributed by atoms with Crippen molar-refractivity contribution < 1.29 is 27.1 Å². The lowest BCUT2D eigenvalue weighted by atomic mass is 10.1. The van der Waals surface area contributed by atoms with Crippen LogP contribution in [0.3, 0.4) is 0 Å². The summed E-state index contributed by atoms with van der Waals surface area (Å²) in [6.45, 7) is 3.04. The third-order valence-corrected chi connectivity index (χ3v) is 4.85. The Kier molecular flexibility index (Phi) is 6.36. The van der Waals surface area contributed by atoms with E-state index in [1.54, 1.807) is 48.9 Å². The van der Waals surface area contributed by atoms with E-state index in [9.17, 15) is 18.0 Å². The number of oxazole rings is 1. The van der Waals surface area contributed by atoms with Crippen LogP contribution in [0.4, 0.5) is 30.5 Å². The molecule has 4 aromatic rings. The molecule has 0 fully saturated rings. The number of alkyl halides is 3. The Bertz CT molecular complexity index is 1390. The summed E-state index contributed by atoms with van der Waals surface area (Å²) in [6.07, 6.45) is -0.0533. The van der Waals surface area contributed by atoms with Crippen molar-refractivity contribution in [3.8, 4) is 17.0 Å². The van der Waals surface area contributed by atoms with Gasteiger partial charge in [0.15, 0.2) is 11.6 Å². The Morgan fingerprint density at radius 1 is 1.09 bits per heavy atom. The number of methoxy groups -OCH3 is 1. The highest BCUT2D eigenvalue weighted by atomic mass is 19.4. The van der Waals surface area contributed by atoms with E-state index in [0.29, 0.717) is 17.1 Å². The number of benzene rings is 1. The number of rotatable bonds is 6. The molecule has 0 aliphatic carbocycles. The maximum atomic E-state index is 13.2. The number of nitrogens with one attached hydrogen (secondary N) is 2. The van der Waals surface area contributed by atoms with E-state index in [-0.39, 0.29) is 17.5 Å². The number of nitrogens with zero attached hydrogens (tertiary/aromatic N) is 4. The number of amides is 1. The fourth-order valence-corrected chi connectivity index (χ4v) is 3.17. The zero-order chi connectivity index (χ0) is 25.2. The number of pyridine rings is 1. The van der Waals surface area contributed by atoms with Gasteiger partial charge in [-0.1, -0.05) is 6.07 Å². The van der Waals surface area contributed by atoms with Crippen molar-refractivity contribution in [3.05, 3.63) is 71.8 Å². The van der Waals surface area contributed by atoms with Gasteiger partial charge in [0.05, 0.1) is 19.0 Å². The highest BCUT2D eigenvalue weighted by molar-refractivity contribution is 6.03. The molecule has 0 bridgehead atoms. The highest BCUT2D eigenvalue weighted by Gasteiger charge is 2.40. The first-order chi connectivity index (χ1) is 16.6. The number of aryl methyl sites for hydroxylation is 2. The number of anilines is 3. The van der Waals surface area contributed by atoms with Crippen LogP contribution >= 0.6 is 0 Å². The molecule has 0 unspecified atom stereocenters. The van der Waals surface area contributed by atoms with Gasteiger partial charge < -0.3 is 19.8 Å². The van der Waals surface area contributed by atoms with Crippen LogP contribution in [-0.4, -0.2) is 33.0 Å². The molecule has 0 radical (unpaired) electrons. The minimum absolute atomic E-state index is 0.235. The second-order valence-corrected chi connectivity index (χ2v) is 7.40. The molecular weight excluding hydrogens is 465 g/mol. The minimum atomic E-state index is -4.83. The molecule has 0 saturated heterocycles. The van der Waals surface area contributed by atoms with Crippen LogP contribution in [0.1, 0.15) is 27.7 Å². The van der Waals surface area contributed by atoms with Gasteiger partial charge in [0.2, 0.25) is 11.7 Å². The Hall–Kier alpha value is -4.48. The second-order valence-electron chi connectivity index (χ2n) is 7.40. The van der Waals surface area contributed by atoms with Gasteiger partial charge in [-0.15, -0.1) is 0 Å². The van der Waals surface area contributed by atoms with Gasteiger partial charge in [0.25, 0.3) is 5.91 Å². The number of carbonyl (C=O) groups excluding carboxylic acids is 1. The first-order valence-corrected chi connectivity index (χ1v) is 10.2. The zero-order valence-corrected chi connectivity index (χ0v) is 18.8. The van der Waals surface area contributed by atoms with Gasteiger partial charge >= 0.3 is 6.18 Å². The maximum Gasteiger partial charge on any atom is 0.437 e. The van der Waals surface area contributed by atoms with Crippen LogP contribution in [0.5, 0.6) is 5.75 Å². The summed E-state index contributed by atoms with van der Waals surface area (Å²) in [5, 5.41) is 5.47. The fourth-order valence-electron chi connectivity index (χ4n) is 3.17. The Balaban J connectivity index is 1.57. The summed E-state index contributed by atoms with van der Waals surface area (Å²) in [5.74, 6) is -1.41. The number of hydrogen-bond acceptors (Lipinski definition) is 8. The average Bonchev–Trinajstić information content (AvgIpc) is 3.24. The average molecular weight is 484 g/mol. The summed E-state index contributed by atoms with van der Waals surface area (Å²) in [5.41, 5.74) is 1.49. The molecule has 180 valence electrons. The SMILES string of the molecule is COc1cncc(-c2ccnc(Nc3cc(NC(=O)c4oc(C)nc4C(F)(F)F)ccc3C)n2)c1. The maximum absolute atomic E-state index is 13.2. The Labute approximate surface area is 197 Å². The predicted molar refractivity (Wildman–Crippen MR) is 120 cm³/mol. The molecule has 2 N–H and O–H groups in total. The minimum Gasteiger partial charge on any atom is -0.495 e. The number of carbonyl (C=O) groups is 1. The lowest BCUT2D eigenvalue weighted by molar-refractivity contribution is -0.141. The molecule has 9 nitrogen and oxygen atoms in total. The predicted octanol–water partition coefficient (Wildman–Crippen LogP) is 5.17. The van der Waals surface area contributed by atoms with E-state index < -0.39 is 23.5 Å². The normalized spacial score (nSPS) is 11.3. The van der Waals surface area contributed by atoms with Gasteiger partial charge in [-0.3, -0.25) is 9.78 Å². The van der Waals surface area contributed by atoms with Gasteiger partial charge in [-0.25, -0.2) is 15.0 Å². The van der Waals surface area contributed by atoms with Gasteiger partial charge in [0.1, 0.15) is 5.75 Å². The zero-order valence-electron chi connectivity index (χ0n) is 18.8. The molecule has 0 aliphatic rings. The van der Waals surface area contributed by atoms with Crippen molar-refractivity contribution in [2.75, 3.05) is 17.7 Å². The molecule has 1 aromatic carbocycles. The molecular formula is C23H19F3N6O3. The summed E-state index contributed by atoms with van der Waals surface area (Å²) >= 11 is 0. The summed E-state index contributed by atoms with van der Waals surface area (Å²) in [4.78, 5) is 28.6. The van der Waals surface area contributed by atoms with Crippen molar-refractivity contribution in [3.63, 3.8) is 0 Å². The van der Waals surface area contributed by atoms with Crippen molar-refractivity contribution in [1.82, 2.24) is 19.9 Å². The van der Waals surface area contributed by atoms with Crippen molar-refractivity contribution >= 4 is 23.2 Å². The van der Waals surface area contributed by atoms with Crippen LogP contribution in [-0.2, 0) is 6.18 Å². The summed E-state index contributed by atoms with van der Waals surface area (Å²) < 4.78 is 49.6. The lowest BCUT2D eigenvalue weighted by Crippen LogP contribution is -2.18. The van der Waals surface area contributed by atoms with Crippen LogP contribution in [0, 0.1) is 13.8 Å². The van der Waals surface area contributed by atoms with Crippen molar-refractivity contribution in [2.45, 2.75) is 20.0 Å². The number of hydrogen-bond donors (Lipinski definition) is 2. The molecule has 0 atom stereocenters. The van der Waals surface area contributed by atoms with Crippen LogP contribution in [0.25, 0.3) is 11.3 Å². The van der Waals surface area contributed by atoms with E-state index >= 15 is 0 Å². The van der Waals surface area contributed by atoms with E-state index in [0.717, 1.165) is 11.1 Å². The highest BCUT2D eigenvalue weighted by Crippen LogP contribution is 2.32. The molecule has 35 heavy (non-hydrogen) atoms. The summed E-state index contributed by atoms with van der Waals surface area (Å²) in [7, 11) is 1.54. The molecule has 0 spiro atoms. The first-order valence-electron chi connectivity index (χ1n) is 10.2. The largest absolute Gasteiger partial charge is 0.495 e. The fraction of sp³-hybridized carbons (Fsp3) is 0.174. The monoisotopic (exact) mass is 484 g/mol. The quantitative estimate of drug-likeness (QED) is 0.385. The third-order valence-electron chi connectivity index (χ3n) is 4.85. The molecule has 4 rings (SSSR count). The standard InChI is InChI=1S/C23H19F3N6O3/c1-12-4-5-15(30-21(33)19-20(23(24,25)26)29-13(2)35-19)9-18(12)32-22-28-7-6-17(31-22)14-8-16(34-3)11-27-10-14/h4-11H,1-3H3,(H,30,33)(H,28,31,32). The molecule has 3 aromatic heterocycles. The second kappa shape index (κ2) is 9.41. The lowest BCUT2D eigenvalue weighted by Gasteiger charge is -2.12. The molecule has 0 saturated carbocycles. The van der Waals surface area contributed by atoms with E-state index in [1.807, 2.05) is 6.92 Å². The molecule has 12 heteroatoms. The topological polar surface area (TPSA) is 115 Å². The number of ether oxygens (including phenoxy) is 1. The van der Waals surface area contributed by atoms with Crippen molar-refractivity contribution in [2.24, 2.45) is 0 Å². The Morgan fingerprint density at radius 2 is 1.89 bits per heavy atom.